The molecule has 1 aliphatic heterocycles. The molecule has 0 saturated carbocycles. The summed E-state index contributed by atoms with van der Waals surface area (Å²) < 4.78 is 5.27. The summed E-state index contributed by atoms with van der Waals surface area (Å²) in [5.74, 6) is 1.92. The lowest BCUT2D eigenvalue weighted by atomic mass is 9.95. The van der Waals surface area contributed by atoms with Crippen LogP contribution in [0.5, 0.6) is 5.75 Å². The fourth-order valence-corrected chi connectivity index (χ4v) is 3.25. The number of aliphatic imine (C=N–C) groups is 1. The van der Waals surface area contributed by atoms with Gasteiger partial charge < -0.3 is 20.7 Å². The Morgan fingerprint density at radius 2 is 2.27 bits per heavy atom. The Kier molecular flexibility index (Phi) is 10.4. The zero-order valence-electron chi connectivity index (χ0n) is 15.7. The highest BCUT2D eigenvalue weighted by atomic mass is 127. The summed E-state index contributed by atoms with van der Waals surface area (Å²) in [5, 5.41) is 3.37. The molecule has 26 heavy (non-hydrogen) atoms. The van der Waals surface area contributed by atoms with Gasteiger partial charge in [-0.3, -0.25) is 9.79 Å². The highest BCUT2D eigenvalue weighted by molar-refractivity contribution is 14.0. The predicted molar refractivity (Wildman–Crippen MR) is 116 cm³/mol. The summed E-state index contributed by atoms with van der Waals surface area (Å²) in [7, 11) is 1.68. The number of likely N-dealkylation sites (tertiary alicyclic amines) is 1. The molecule has 0 aliphatic carbocycles. The maximum Gasteiger partial charge on any atom is 0.217 e. The number of nitrogens with one attached hydrogen (secondary N) is 1. The number of benzene rings is 1. The van der Waals surface area contributed by atoms with E-state index in [-0.39, 0.29) is 29.9 Å². The van der Waals surface area contributed by atoms with E-state index >= 15 is 0 Å². The molecule has 0 radical (unpaired) electrons. The van der Waals surface area contributed by atoms with Crippen LogP contribution in [-0.2, 0) is 11.2 Å². The van der Waals surface area contributed by atoms with Crippen LogP contribution in [0.15, 0.2) is 29.3 Å². The van der Waals surface area contributed by atoms with Gasteiger partial charge in [-0.2, -0.15) is 0 Å². The number of rotatable bonds is 7. The van der Waals surface area contributed by atoms with Crippen molar-refractivity contribution in [1.29, 1.82) is 0 Å². The lowest BCUT2D eigenvalue weighted by Gasteiger charge is -2.34. The minimum Gasteiger partial charge on any atom is -0.497 e. The molecule has 1 heterocycles. The number of halogens is 1. The first-order valence-electron chi connectivity index (χ1n) is 9.06. The molecule has 1 saturated heterocycles. The van der Waals surface area contributed by atoms with Gasteiger partial charge in [-0.05, 0) is 49.8 Å². The van der Waals surface area contributed by atoms with Crippen LogP contribution in [0.1, 0.15) is 31.7 Å². The molecule has 1 aromatic carbocycles. The number of piperidine rings is 1. The average molecular weight is 474 g/mol. The summed E-state index contributed by atoms with van der Waals surface area (Å²) in [4.78, 5) is 18.2. The van der Waals surface area contributed by atoms with Gasteiger partial charge in [0.2, 0.25) is 5.91 Å². The van der Waals surface area contributed by atoms with E-state index in [4.69, 9.17) is 15.5 Å². The monoisotopic (exact) mass is 474 g/mol. The van der Waals surface area contributed by atoms with Crippen LogP contribution in [-0.4, -0.2) is 50.1 Å². The molecule has 1 aliphatic rings. The third-order valence-corrected chi connectivity index (χ3v) is 4.44. The van der Waals surface area contributed by atoms with Crippen molar-refractivity contribution in [2.24, 2.45) is 16.6 Å². The Hall–Kier alpha value is -1.51. The number of nitrogens with zero attached hydrogens (tertiary/aromatic N) is 2. The zero-order chi connectivity index (χ0) is 18.1. The lowest BCUT2D eigenvalue weighted by molar-refractivity contribution is -0.119. The minimum atomic E-state index is -0.216. The molecule has 3 N–H and O–H groups in total. The van der Waals surface area contributed by atoms with Crippen molar-refractivity contribution < 1.29 is 9.53 Å². The molecular formula is C19H31IN4O2. The Balaban J connectivity index is 0.00000338. The average Bonchev–Trinajstić information content (AvgIpc) is 2.61. The van der Waals surface area contributed by atoms with E-state index in [9.17, 15) is 4.79 Å². The van der Waals surface area contributed by atoms with Crippen LogP contribution in [0.25, 0.3) is 0 Å². The normalized spacial score (nSPS) is 17.4. The van der Waals surface area contributed by atoms with E-state index in [1.54, 1.807) is 7.11 Å². The largest absolute Gasteiger partial charge is 0.497 e. The molecule has 7 heteroatoms. The first-order valence-corrected chi connectivity index (χ1v) is 9.06. The Labute approximate surface area is 173 Å². The highest BCUT2D eigenvalue weighted by Gasteiger charge is 2.23. The maximum absolute atomic E-state index is 11.2. The van der Waals surface area contributed by atoms with Crippen LogP contribution in [0, 0.1) is 5.92 Å². The van der Waals surface area contributed by atoms with Gasteiger partial charge in [0.1, 0.15) is 5.75 Å². The van der Waals surface area contributed by atoms with E-state index in [2.05, 4.69) is 23.2 Å². The molecule has 1 fully saturated rings. The van der Waals surface area contributed by atoms with Gasteiger partial charge in [0.25, 0.3) is 0 Å². The molecule has 1 aromatic rings. The van der Waals surface area contributed by atoms with Crippen LogP contribution >= 0.6 is 24.0 Å². The Morgan fingerprint density at radius 3 is 2.96 bits per heavy atom. The number of nitrogens with two attached hydrogens (primary N) is 1. The smallest absolute Gasteiger partial charge is 0.217 e. The Morgan fingerprint density at radius 1 is 1.46 bits per heavy atom. The molecule has 1 atom stereocenters. The van der Waals surface area contributed by atoms with Crippen molar-refractivity contribution in [3.8, 4) is 5.75 Å². The van der Waals surface area contributed by atoms with Crippen LogP contribution in [0.3, 0.4) is 0 Å². The van der Waals surface area contributed by atoms with E-state index < -0.39 is 0 Å². The topological polar surface area (TPSA) is 80.0 Å². The van der Waals surface area contributed by atoms with Gasteiger partial charge >= 0.3 is 0 Å². The van der Waals surface area contributed by atoms with Crippen molar-refractivity contribution in [1.82, 2.24) is 10.2 Å². The lowest BCUT2D eigenvalue weighted by Crippen LogP contribution is -2.47. The second kappa shape index (κ2) is 12.0. The molecule has 1 unspecified atom stereocenters. The van der Waals surface area contributed by atoms with E-state index in [0.29, 0.717) is 18.9 Å². The number of primary amides is 1. The second-order valence-electron chi connectivity index (χ2n) is 6.46. The first-order chi connectivity index (χ1) is 12.1. The number of hydrogen-bond donors (Lipinski definition) is 2. The standard InChI is InChI=1S/C19H30N4O2.HI/c1-3-21-19(23-11-5-7-16(14-23)13-18(20)24)22-10-9-15-6-4-8-17(12-15)25-2;/h4,6,8,12,16H,3,5,7,9-11,13-14H2,1-2H3,(H2,20,24)(H,21,22);1H. The van der Waals surface area contributed by atoms with Crippen molar-refractivity contribution in [2.75, 3.05) is 33.3 Å². The molecule has 0 aromatic heterocycles. The number of carbonyl (C=O) groups is 1. The van der Waals surface area contributed by atoms with Crippen LogP contribution in [0.2, 0.25) is 0 Å². The fraction of sp³-hybridized carbons (Fsp3) is 0.579. The summed E-state index contributed by atoms with van der Waals surface area (Å²) in [5.41, 5.74) is 6.57. The van der Waals surface area contributed by atoms with Crippen molar-refractivity contribution in [3.63, 3.8) is 0 Å². The summed E-state index contributed by atoms with van der Waals surface area (Å²) >= 11 is 0. The van der Waals surface area contributed by atoms with Gasteiger partial charge in [0.15, 0.2) is 5.96 Å². The third kappa shape index (κ3) is 7.39. The minimum absolute atomic E-state index is 0. The van der Waals surface area contributed by atoms with Gasteiger partial charge in [0, 0.05) is 32.6 Å². The number of methoxy groups -OCH3 is 1. The summed E-state index contributed by atoms with van der Waals surface area (Å²) in [6, 6.07) is 8.09. The van der Waals surface area contributed by atoms with Crippen molar-refractivity contribution in [3.05, 3.63) is 29.8 Å². The number of carbonyl (C=O) groups excluding carboxylic acids is 1. The molecule has 0 bridgehead atoms. The van der Waals surface area contributed by atoms with E-state index in [0.717, 1.165) is 50.6 Å². The van der Waals surface area contributed by atoms with Crippen LogP contribution in [0.4, 0.5) is 0 Å². The van der Waals surface area contributed by atoms with Crippen LogP contribution < -0.4 is 15.8 Å². The Bertz CT molecular complexity index is 595. The number of hydrogen-bond acceptors (Lipinski definition) is 3. The fourth-order valence-electron chi connectivity index (χ4n) is 3.25. The predicted octanol–water partition coefficient (Wildman–Crippen LogP) is 2.41. The molecule has 2 rings (SSSR count). The SMILES string of the molecule is CCNC(=NCCc1cccc(OC)c1)N1CCCC(CC(N)=O)C1.I. The van der Waals surface area contributed by atoms with Gasteiger partial charge in [-0.15, -0.1) is 24.0 Å². The third-order valence-electron chi connectivity index (χ3n) is 4.44. The molecule has 146 valence electrons. The van der Waals surface area contributed by atoms with Crippen molar-refractivity contribution in [2.45, 2.75) is 32.6 Å². The van der Waals surface area contributed by atoms with Crippen molar-refractivity contribution >= 4 is 35.8 Å². The van der Waals surface area contributed by atoms with Gasteiger partial charge in [-0.1, -0.05) is 12.1 Å². The maximum atomic E-state index is 11.2. The second-order valence-corrected chi connectivity index (χ2v) is 6.46. The van der Waals surface area contributed by atoms with E-state index in [1.807, 2.05) is 18.2 Å². The molecule has 1 amide bonds. The molecular weight excluding hydrogens is 443 g/mol. The molecule has 0 spiro atoms. The number of amides is 1. The quantitative estimate of drug-likeness (QED) is 0.362. The summed E-state index contributed by atoms with van der Waals surface area (Å²) in [6.45, 7) is 5.43. The zero-order valence-corrected chi connectivity index (χ0v) is 18.1. The number of guanidine groups is 1. The first kappa shape index (κ1) is 22.5. The van der Waals surface area contributed by atoms with Gasteiger partial charge in [-0.25, -0.2) is 0 Å². The highest BCUT2D eigenvalue weighted by Crippen LogP contribution is 2.19. The van der Waals surface area contributed by atoms with Gasteiger partial charge in [0.05, 0.1) is 7.11 Å². The summed E-state index contributed by atoms with van der Waals surface area (Å²) in [6.07, 6.45) is 3.45. The molecule has 6 nitrogen and oxygen atoms in total. The number of ether oxygens (including phenoxy) is 1. The van der Waals surface area contributed by atoms with E-state index in [1.165, 1.54) is 5.56 Å².